The third-order valence-corrected chi connectivity index (χ3v) is 1.67. The first-order valence-electron chi connectivity index (χ1n) is 5.17. The number of nitrogens with zero attached hydrogens (tertiary/aromatic N) is 3. The van der Waals surface area contributed by atoms with Crippen molar-refractivity contribution in [1.29, 1.82) is 5.26 Å². The van der Waals surface area contributed by atoms with Crippen molar-refractivity contribution in [1.82, 2.24) is 9.97 Å². The molecule has 0 aromatic carbocycles. The van der Waals surface area contributed by atoms with Crippen molar-refractivity contribution in [3.63, 3.8) is 0 Å². The van der Waals surface area contributed by atoms with Crippen LogP contribution < -0.4 is 10.1 Å². The minimum Gasteiger partial charge on any atom is -0.479 e. The summed E-state index contributed by atoms with van der Waals surface area (Å²) in [6, 6.07) is 1.82. The molecule has 1 aromatic heterocycles. The Morgan fingerprint density at radius 3 is 2.67 bits per heavy atom. The number of carbonyl (C=O) groups is 1. The van der Waals surface area contributed by atoms with Crippen molar-refractivity contribution < 1.29 is 14.3 Å². The van der Waals surface area contributed by atoms with E-state index in [1.807, 2.05) is 6.07 Å². The lowest BCUT2D eigenvalue weighted by Gasteiger charge is -2.19. The number of anilines is 1. The molecule has 1 aromatic rings. The highest BCUT2D eigenvalue weighted by Crippen LogP contribution is 2.15. The van der Waals surface area contributed by atoms with E-state index in [1.54, 1.807) is 20.8 Å². The fraction of sp³-hybridized carbons (Fsp3) is 0.455. The molecule has 0 bridgehead atoms. The van der Waals surface area contributed by atoms with Crippen LogP contribution in [0.2, 0.25) is 0 Å². The molecule has 1 N–H and O–H groups in total. The maximum absolute atomic E-state index is 11.5. The molecule has 0 aliphatic heterocycles. The first-order chi connectivity index (χ1) is 8.35. The number of carbonyl (C=O) groups excluding carboxylic acids is 1. The molecule has 0 unspecified atom stereocenters. The zero-order valence-electron chi connectivity index (χ0n) is 10.6. The first-order valence-corrected chi connectivity index (χ1v) is 5.17. The lowest BCUT2D eigenvalue weighted by molar-refractivity contribution is 0.0635. The molecule has 1 amide bonds. The average Bonchev–Trinajstić information content (AvgIpc) is 2.26. The summed E-state index contributed by atoms with van der Waals surface area (Å²) in [4.78, 5) is 19.2. The van der Waals surface area contributed by atoms with E-state index in [0.29, 0.717) is 0 Å². The predicted molar refractivity (Wildman–Crippen MR) is 63.2 cm³/mol. The number of methoxy groups -OCH3 is 1. The highest BCUT2D eigenvalue weighted by atomic mass is 16.6. The van der Waals surface area contributed by atoms with Gasteiger partial charge in [0.05, 0.1) is 13.3 Å². The summed E-state index contributed by atoms with van der Waals surface area (Å²) in [5.41, 5.74) is -0.555. The van der Waals surface area contributed by atoms with E-state index in [2.05, 4.69) is 15.3 Å². The Morgan fingerprint density at radius 2 is 2.17 bits per heavy atom. The molecule has 0 saturated heterocycles. The summed E-state index contributed by atoms with van der Waals surface area (Å²) >= 11 is 0. The number of aromatic nitrogens is 2. The van der Waals surface area contributed by atoms with E-state index in [-0.39, 0.29) is 17.4 Å². The van der Waals surface area contributed by atoms with Crippen LogP contribution in [0.5, 0.6) is 5.88 Å². The molecule has 18 heavy (non-hydrogen) atoms. The molecule has 0 spiro atoms. The largest absolute Gasteiger partial charge is 0.479 e. The summed E-state index contributed by atoms with van der Waals surface area (Å²) in [5.74, 6) is 0.200. The number of hydrogen-bond donors (Lipinski definition) is 1. The lowest BCUT2D eigenvalue weighted by atomic mass is 10.2. The maximum Gasteiger partial charge on any atom is 0.413 e. The van der Waals surface area contributed by atoms with Crippen molar-refractivity contribution in [2.45, 2.75) is 26.4 Å². The molecular weight excluding hydrogens is 236 g/mol. The summed E-state index contributed by atoms with van der Waals surface area (Å²) in [5, 5.41) is 11.1. The predicted octanol–water partition coefficient (Wildman–Crippen LogP) is 1.70. The Hall–Kier alpha value is -2.36. The summed E-state index contributed by atoms with van der Waals surface area (Å²) in [6.45, 7) is 5.24. The van der Waals surface area contributed by atoms with Gasteiger partial charge in [0.1, 0.15) is 11.7 Å². The van der Waals surface area contributed by atoms with Gasteiger partial charge in [-0.15, -0.1) is 0 Å². The maximum atomic E-state index is 11.5. The Kier molecular flexibility index (Phi) is 4.05. The molecule has 0 aliphatic carbocycles. The van der Waals surface area contributed by atoms with Gasteiger partial charge in [-0.25, -0.2) is 9.78 Å². The number of amides is 1. The molecule has 0 aliphatic rings. The molecule has 0 radical (unpaired) electrons. The highest BCUT2D eigenvalue weighted by Gasteiger charge is 2.17. The Bertz CT molecular complexity index is 488. The van der Waals surface area contributed by atoms with Gasteiger partial charge in [-0.3, -0.25) is 5.32 Å². The van der Waals surface area contributed by atoms with Gasteiger partial charge in [-0.05, 0) is 20.8 Å². The number of ether oxygens (including phenoxy) is 2. The second kappa shape index (κ2) is 5.31. The van der Waals surface area contributed by atoms with Gasteiger partial charge in [0, 0.05) is 0 Å². The number of hydrogen-bond acceptors (Lipinski definition) is 6. The van der Waals surface area contributed by atoms with E-state index in [4.69, 9.17) is 14.7 Å². The second-order valence-electron chi connectivity index (χ2n) is 4.35. The molecule has 7 heteroatoms. The van der Waals surface area contributed by atoms with Crippen molar-refractivity contribution in [3.8, 4) is 11.9 Å². The molecule has 7 nitrogen and oxygen atoms in total. The number of nitriles is 1. The van der Waals surface area contributed by atoms with Gasteiger partial charge in [-0.2, -0.15) is 10.2 Å². The van der Waals surface area contributed by atoms with Crippen molar-refractivity contribution >= 4 is 11.9 Å². The van der Waals surface area contributed by atoms with Gasteiger partial charge >= 0.3 is 6.09 Å². The molecule has 0 atom stereocenters. The molecule has 1 heterocycles. The average molecular weight is 250 g/mol. The minimum absolute atomic E-state index is 0.0473. The zero-order chi connectivity index (χ0) is 13.8. The number of nitrogens with one attached hydrogen (secondary N) is 1. The monoisotopic (exact) mass is 250 g/mol. The van der Waals surface area contributed by atoms with Crippen LogP contribution in [0, 0.1) is 11.3 Å². The summed E-state index contributed by atoms with van der Waals surface area (Å²) < 4.78 is 9.92. The van der Waals surface area contributed by atoms with Gasteiger partial charge in [0.2, 0.25) is 5.69 Å². The van der Waals surface area contributed by atoms with Gasteiger partial charge in [0.25, 0.3) is 5.88 Å². The molecule has 0 fully saturated rings. The molecule has 1 rings (SSSR count). The quantitative estimate of drug-likeness (QED) is 0.858. The van der Waals surface area contributed by atoms with Crippen molar-refractivity contribution in [3.05, 3.63) is 11.9 Å². The van der Waals surface area contributed by atoms with E-state index in [1.165, 1.54) is 13.3 Å². The third-order valence-electron chi connectivity index (χ3n) is 1.67. The molecule has 96 valence electrons. The molecule has 0 saturated carbocycles. The second-order valence-corrected chi connectivity index (χ2v) is 4.35. The van der Waals surface area contributed by atoms with E-state index in [0.717, 1.165) is 0 Å². The Morgan fingerprint density at radius 1 is 1.50 bits per heavy atom. The van der Waals surface area contributed by atoms with Crippen LogP contribution in [0.15, 0.2) is 6.20 Å². The summed E-state index contributed by atoms with van der Waals surface area (Å²) in [7, 11) is 1.36. The van der Waals surface area contributed by atoms with Crippen LogP contribution in [-0.4, -0.2) is 28.8 Å². The van der Waals surface area contributed by atoms with Crippen LogP contribution in [0.4, 0.5) is 10.6 Å². The van der Waals surface area contributed by atoms with Crippen LogP contribution in [0.1, 0.15) is 26.5 Å². The topological polar surface area (TPSA) is 97.1 Å². The fourth-order valence-corrected chi connectivity index (χ4v) is 1.06. The third kappa shape index (κ3) is 3.90. The fourth-order valence-electron chi connectivity index (χ4n) is 1.06. The van der Waals surface area contributed by atoms with Gasteiger partial charge in [0.15, 0.2) is 5.82 Å². The van der Waals surface area contributed by atoms with E-state index < -0.39 is 11.7 Å². The Labute approximate surface area is 105 Å². The lowest BCUT2D eigenvalue weighted by Crippen LogP contribution is -2.27. The van der Waals surface area contributed by atoms with Gasteiger partial charge < -0.3 is 9.47 Å². The smallest absolute Gasteiger partial charge is 0.413 e. The zero-order valence-corrected chi connectivity index (χ0v) is 10.6. The molecular formula is C11H14N4O3. The van der Waals surface area contributed by atoms with Crippen LogP contribution in [-0.2, 0) is 4.74 Å². The van der Waals surface area contributed by atoms with Crippen molar-refractivity contribution in [2.75, 3.05) is 12.4 Å². The van der Waals surface area contributed by atoms with Crippen molar-refractivity contribution in [2.24, 2.45) is 0 Å². The SMILES string of the molecule is COc1nc(NC(=O)OC(C)(C)C)cnc1C#N. The van der Waals surface area contributed by atoms with Crippen LogP contribution in [0.25, 0.3) is 0 Å². The highest BCUT2D eigenvalue weighted by molar-refractivity contribution is 5.83. The summed E-state index contributed by atoms with van der Waals surface area (Å²) in [6.07, 6.45) is 0.605. The normalized spacial score (nSPS) is 10.4. The standard InChI is InChI=1S/C11H14N4O3/c1-11(2,3)18-10(16)15-8-6-13-7(5-12)9(14-8)17-4/h6H,1-4H3,(H,14,15,16). The number of rotatable bonds is 2. The first kappa shape index (κ1) is 13.7. The van der Waals surface area contributed by atoms with E-state index in [9.17, 15) is 4.79 Å². The Balaban J connectivity index is 2.81. The van der Waals surface area contributed by atoms with Crippen LogP contribution >= 0.6 is 0 Å². The van der Waals surface area contributed by atoms with E-state index >= 15 is 0 Å². The minimum atomic E-state index is -0.649. The van der Waals surface area contributed by atoms with Gasteiger partial charge in [-0.1, -0.05) is 0 Å². The van der Waals surface area contributed by atoms with Crippen LogP contribution in [0.3, 0.4) is 0 Å².